The molecular formula is C13H17F3N2O. The number of carbonyl (C=O) groups is 1. The van der Waals surface area contributed by atoms with Gasteiger partial charge in [0.15, 0.2) is 0 Å². The summed E-state index contributed by atoms with van der Waals surface area (Å²) in [6.45, 7) is 3.62. The maximum Gasteiger partial charge on any atom is 0.416 e. The van der Waals surface area contributed by atoms with Crippen molar-refractivity contribution in [3.8, 4) is 0 Å². The molecule has 1 amide bonds. The Labute approximate surface area is 110 Å². The minimum Gasteiger partial charge on any atom is -0.350 e. The highest BCUT2D eigenvalue weighted by Crippen LogP contribution is 2.29. The van der Waals surface area contributed by atoms with Gasteiger partial charge in [0.2, 0.25) is 0 Å². The predicted molar refractivity (Wildman–Crippen MR) is 66.6 cm³/mol. The molecule has 0 heterocycles. The topological polar surface area (TPSA) is 55.1 Å². The van der Waals surface area contributed by atoms with Crippen LogP contribution in [0.4, 0.5) is 13.2 Å². The number of alkyl halides is 3. The Morgan fingerprint density at radius 1 is 1.26 bits per heavy atom. The van der Waals surface area contributed by atoms with E-state index in [2.05, 4.69) is 5.32 Å². The Hall–Kier alpha value is -1.56. The molecular weight excluding hydrogens is 257 g/mol. The fraction of sp³-hybridized carbons (Fsp3) is 0.462. The van der Waals surface area contributed by atoms with Crippen molar-refractivity contribution in [3.05, 3.63) is 35.4 Å². The lowest BCUT2D eigenvalue weighted by atomic mass is 10.1. The fourth-order valence-electron chi connectivity index (χ4n) is 1.73. The van der Waals surface area contributed by atoms with Gasteiger partial charge in [-0.1, -0.05) is 0 Å². The van der Waals surface area contributed by atoms with Crippen LogP contribution < -0.4 is 11.1 Å². The van der Waals surface area contributed by atoms with Gasteiger partial charge in [-0.15, -0.1) is 0 Å². The summed E-state index contributed by atoms with van der Waals surface area (Å²) < 4.78 is 37.1. The van der Waals surface area contributed by atoms with Crippen LogP contribution in [0.3, 0.4) is 0 Å². The number of benzene rings is 1. The number of nitrogens with two attached hydrogens (primary N) is 1. The minimum atomic E-state index is -4.39. The van der Waals surface area contributed by atoms with Gasteiger partial charge in [0.25, 0.3) is 5.91 Å². The van der Waals surface area contributed by atoms with Gasteiger partial charge in [0.05, 0.1) is 5.56 Å². The van der Waals surface area contributed by atoms with E-state index in [9.17, 15) is 18.0 Å². The molecule has 0 saturated carbocycles. The van der Waals surface area contributed by atoms with E-state index in [-0.39, 0.29) is 17.6 Å². The average molecular weight is 274 g/mol. The predicted octanol–water partition coefficient (Wildman–Crippen LogP) is 2.56. The van der Waals surface area contributed by atoms with Crippen LogP contribution in [-0.2, 0) is 6.18 Å². The number of nitrogens with one attached hydrogen (secondary N) is 1. The molecule has 0 saturated heterocycles. The molecule has 19 heavy (non-hydrogen) atoms. The smallest absolute Gasteiger partial charge is 0.350 e. The average Bonchev–Trinajstić information content (AvgIpc) is 2.26. The van der Waals surface area contributed by atoms with Crippen LogP contribution in [0.25, 0.3) is 0 Å². The first-order chi connectivity index (χ1) is 8.70. The van der Waals surface area contributed by atoms with Gasteiger partial charge in [-0.2, -0.15) is 13.2 Å². The molecule has 0 bridgehead atoms. The Balaban J connectivity index is 2.68. The number of hydrogen-bond donors (Lipinski definition) is 2. The van der Waals surface area contributed by atoms with E-state index in [1.807, 2.05) is 6.92 Å². The third kappa shape index (κ3) is 4.90. The third-order valence-electron chi connectivity index (χ3n) is 2.58. The molecule has 3 nitrogen and oxygen atoms in total. The standard InChI is InChI=1S/C13H17F3N2O/c1-8(17)7-9(2)18-12(19)10-3-5-11(6-4-10)13(14,15)16/h3-6,8-9H,7,17H2,1-2H3,(H,18,19). The largest absolute Gasteiger partial charge is 0.416 e. The number of amides is 1. The van der Waals surface area contributed by atoms with Crippen LogP contribution >= 0.6 is 0 Å². The van der Waals surface area contributed by atoms with E-state index in [0.29, 0.717) is 6.42 Å². The van der Waals surface area contributed by atoms with Gasteiger partial charge in [-0.05, 0) is 44.5 Å². The highest BCUT2D eigenvalue weighted by Gasteiger charge is 2.30. The second-order valence-electron chi connectivity index (χ2n) is 4.66. The lowest BCUT2D eigenvalue weighted by Crippen LogP contribution is -2.36. The van der Waals surface area contributed by atoms with Crippen LogP contribution in [0.2, 0.25) is 0 Å². The van der Waals surface area contributed by atoms with Gasteiger partial charge in [0.1, 0.15) is 0 Å². The summed E-state index contributed by atoms with van der Waals surface area (Å²) in [7, 11) is 0. The van der Waals surface area contributed by atoms with Crippen molar-refractivity contribution in [3.63, 3.8) is 0 Å². The summed E-state index contributed by atoms with van der Waals surface area (Å²) in [6, 6.07) is 3.93. The van der Waals surface area contributed by atoms with Gasteiger partial charge in [-0.3, -0.25) is 4.79 Å². The van der Waals surface area contributed by atoms with E-state index >= 15 is 0 Å². The van der Waals surface area contributed by atoms with Crippen LogP contribution in [-0.4, -0.2) is 18.0 Å². The number of hydrogen-bond acceptors (Lipinski definition) is 2. The molecule has 1 aromatic rings. The molecule has 0 aliphatic rings. The van der Waals surface area contributed by atoms with E-state index < -0.39 is 17.6 Å². The Morgan fingerprint density at radius 2 is 1.79 bits per heavy atom. The van der Waals surface area contributed by atoms with Crippen molar-refractivity contribution in [1.82, 2.24) is 5.32 Å². The van der Waals surface area contributed by atoms with E-state index in [0.717, 1.165) is 24.3 Å². The molecule has 2 unspecified atom stereocenters. The highest BCUT2D eigenvalue weighted by atomic mass is 19.4. The molecule has 0 fully saturated rings. The van der Waals surface area contributed by atoms with Gasteiger partial charge < -0.3 is 11.1 Å². The molecule has 0 aliphatic heterocycles. The minimum absolute atomic E-state index is 0.0529. The van der Waals surface area contributed by atoms with Crippen LogP contribution in [0, 0.1) is 0 Å². The Bertz CT molecular complexity index is 427. The van der Waals surface area contributed by atoms with Crippen molar-refractivity contribution < 1.29 is 18.0 Å². The summed E-state index contributed by atoms with van der Waals surface area (Å²) >= 11 is 0. The first-order valence-electron chi connectivity index (χ1n) is 5.94. The zero-order valence-corrected chi connectivity index (χ0v) is 10.8. The molecule has 1 rings (SSSR count). The molecule has 2 atom stereocenters. The number of halogens is 3. The molecule has 3 N–H and O–H groups in total. The van der Waals surface area contributed by atoms with Crippen LogP contribution in [0.15, 0.2) is 24.3 Å². The summed E-state index contributed by atoms with van der Waals surface area (Å²) in [6.07, 6.45) is -3.79. The molecule has 0 radical (unpaired) electrons. The van der Waals surface area contributed by atoms with Crippen molar-refractivity contribution in [2.75, 3.05) is 0 Å². The first kappa shape index (κ1) is 15.5. The fourth-order valence-corrected chi connectivity index (χ4v) is 1.73. The summed E-state index contributed by atoms with van der Waals surface area (Å²) in [5, 5.41) is 2.69. The van der Waals surface area contributed by atoms with Gasteiger partial charge in [-0.25, -0.2) is 0 Å². The van der Waals surface area contributed by atoms with Crippen molar-refractivity contribution in [2.24, 2.45) is 5.73 Å². The lowest BCUT2D eigenvalue weighted by molar-refractivity contribution is -0.137. The second-order valence-corrected chi connectivity index (χ2v) is 4.66. The van der Waals surface area contributed by atoms with Crippen molar-refractivity contribution in [1.29, 1.82) is 0 Å². The van der Waals surface area contributed by atoms with Gasteiger partial charge in [0, 0.05) is 17.6 Å². The zero-order valence-electron chi connectivity index (χ0n) is 10.8. The second kappa shape index (κ2) is 6.06. The molecule has 106 valence electrons. The van der Waals surface area contributed by atoms with E-state index in [1.165, 1.54) is 0 Å². The van der Waals surface area contributed by atoms with E-state index in [4.69, 9.17) is 5.73 Å². The normalized spacial score (nSPS) is 14.8. The first-order valence-corrected chi connectivity index (χ1v) is 5.94. The summed E-state index contributed by atoms with van der Waals surface area (Å²) in [5.74, 6) is -0.401. The summed E-state index contributed by atoms with van der Waals surface area (Å²) in [5.41, 5.74) is 5.03. The van der Waals surface area contributed by atoms with Gasteiger partial charge >= 0.3 is 6.18 Å². The molecule has 1 aromatic carbocycles. The maximum atomic E-state index is 12.4. The molecule has 6 heteroatoms. The Kier molecular flexibility index (Phi) is 4.94. The summed E-state index contributed by atoms with van der Waals surface area (Å²) in [4.78, 5) is 11.8. The van der Waals surface area contributed by atoms with Crippen LogP contribution in [0.5, 0.6) is 0 Å². The van der Waals surface area contributed by atoms with Crippen molar-refractivity contribution >= 4 is 5.91 Å². The lowest BCUT2D eigenvalue weighted by Gasteiger charge is -2.16. The third-order valence-corrected chi connectivity index (χ3v) is 2.58. The zero-order chi connectivity index (χ0) is 14.6. The number of rotatable bonds is 4. The molecule has 0 aliphatic carbocycles. The molecule has 0 spiro atoms. The Morgan fingerprint density at radius 3 is 2.21 bits per heavy atom. The van der Waals surface area contributed by atoms with Crippen molar-refractivity contribution in [2.45, 2.75) is 38.5 Å². The quantitative estimate of drug-likeness (QED) is 0.886. The SMILES string of the molecule is CC(N)CC(C)NC(=O)c1ccc(C(F)(F)F)cc1. The highest BCUT2D eigenvalue weighted by molar-refractivity contribution is 5.94. The maximum absolute atomic E-state index is 12.4. The van der Waals surface area contributed by atoms with Crippen LogP contribution in [0.1, 0.15) is 36.2 Å². The molecule has 0 aromatic heterocycles. The monoisotopic (exact) mass is 274 g/mol. The number of carbonyl (C=O) groups excluding carboxylic acids is 1. The van der Waals surface area contributed by atoms with E-state index in [1.54, 1.807) is 6.92 Å².